The lowest BCUT2D eigenvalue weighted by Crippen LogP contribution is -2.33. The van der Waals surface area contributed by atoms with Crippen LogP contribution in [0.25, 0.3) is 11.3 Å². The van der Waals surface area contributed by atoms with E-state index in [4.69, 9.17) is 0 Å². The van der Waals surface area contributed by atoms with Gasteiger partial charge in [0.05, 0.1) is 0 Å². The molecule has 0 spiro atoms. The maximum Gasteiger partial charge on any atom is 0.326 e. The van der Waals surface area contributed by atoms with E-state index < -0.39 is 18.9 Å². The van der Waals surface area contributed by atoms with Gasteiger partial charge in [-0.05, 0) is 18.1 Å². The minimum atomic E-state index is -4.23. The highest BCUT2D eigenvalue weighted by Gasteiger charge is 2.42. The van der Waals surface area contributed by atoms with Crippen LogP contribution in [0.15, 0.2) is 60.7 Å². The van der Waals surface area contributed by atoms with Gasteiger partial charge in [-0.15, -0.1) is 5.10 Å². The van der Waals surface area contributed by atoms with Gasteiger partial charge in [-0.25, -0.2) is 13.5 Å². The molecule has 1 heterocycles. The van der Waals surface area contributed by atoms with Crippen molar-refractivity contribution in [3.8, 4) is 23.1 Å². The quantitative estimate of drug-likeness (QED) is 0.515. The predicted octanol–water partition coefficient (Wildman–Crippen LogP) is 4.25. The Morgan fingerprint density at radius 2 is 1.54 bits per heavy atom. The standard InChI is InChI=1S/C19H13F4N3/c20-18(21)19(22,23)13-26-16(12-11-14-7-3-1-4-8-14)17(24-25-26)15-9-5-2-6-10-15/h1-10,18H,13H2. The maximum atomic E-state index is 13.5. The van der Waals surface area contributed by atoms with E-state index in [0.717, 1.165) is 4.68 Å². The highest BCUT2D eigenvalue weighted by atomic mass is 19.3. The number of benzene rings is 2. The molecule has 2 aromatic carbocycles. The molecule has 3 aromatic rings. The van der Waals surface area contributed by atoms with Crippen LogP contribution in [0, 0.1) is 11.8 Å². The maximum absolute atomic E-state index is 13.5. The minimum Gasteiger partial charge on any atom is -0.230 e. The van der Waals surface area contributed by atoms with Crippen molar-refractivity contribution in [3.63, 3.8) is 0 Å². The molecular weight excluding hydrogens is 346 g/mol. The summed E-state index contributed by atoms with van der Waals surface area (Å²) in [6.07, 6.45) is -3.80. The van der Waals surface area contributed by atoms with Crippen molar-refractivity contribution in [2.45, 2.75) is 18.9 Å². The molecule has 0 atom stereocenters. The zero-order valence-electron chi connectivity index (χ0n) is 13.4. The molecule has 0 radical (unpaired) electrons. The van der Waals surface area contributed by atoms with E-state index in [1.54, 1.807) is 54.6 Å². The third kappa shape index (κ3) is 3.91. The first-order valence-electron chi connectivity index (χ1n) is 7.69. The van der Waals surface area contributed by atoms with Crippen LogP contribution < -0.4 is 0 Å². The second kappa shape index (κ2) is 7.40. The Morgan fingerprint density at radius 3 is 2.15 bits per heavy atom. The summed E-state index contributed by atoms with van der Waals surface area (Å²) in [5.74, 6) is 1.35. The lowest BCUT2D eigenvalue weighted by atomic mass is 10.1. The van der Waals surface area contributed by atoms with Crippen LogP contribution in [-0.4, -0.2) is 27.3 Å². The van der Waals surface area contributed by atoms with E-state index in [9.17, 15) is 17.6 Å². The summed E-state index contributed by atoms with van der Waals surface area (Å²) in [7, 11) is 0. The van der Waals surface area contributed by atoms with Gasteiger partial charge in [-0.2, -0.15) is 8.78 Å². The summed E-state index contributed by atoms with van der Waals surface area (Å²) in [6.45, 7) is -1.30. The summed E-state index contributed by atoms with van der Waals surface area (Å²) < 4.78 is 52.9. The number of halogens is 4. The van der Waals surface area contributed by atoms with E-state index in [2.05, 4.69) is 22.2 Å². The fourth-order valence-corrected chi connectivity index (χ4v) is 2.26. The lowest BCUT2D eigenvalue weighted by Gasteiger charge is -2.15. The first-order chi connectivity index (χ1) is 12.5. The van der Waals surface area contributed by atoms with E-state index >= 15 is 0 Å². The first-order valence-corrected chi connectivity index (χ1v) is 7.69. The molecule has 26 heavy (non-hydrogen) atoms. The predicted molar refractivity (Wildman–Crippen MR) is 88.8 cm³/mol. The average Bonchev–Trinajstić information content (AvgIpc) is 3.03. The topological polar surface area (TPSA) is 30.7 Å². The van der Waals surface area contributed by atoms with Crippen molar-refractivity contribution < 1.29 is 17.6 Å². The third-order valence-corrected chi connectivity index (χ3v) is 3.56. The van der Waals surface area contributed by atoms with Gasteiger partial charge in [0.15, 0.2) is 0 Å². The van der Waals surface area contributed by atoms with Crippen molar-refractivity contribution in [1.29, 1.82) is 0 Å². The monoisotopic (exact) mass is 359 g/mol. The second-order valence-corrected chi connectivity index (χ2v) is 5.49. The summed E-state index contributed by atoms with van der Waals surface area (Å²) in [5.41, 5.74) is 1.58. The summed E-state index contributed by atoms with van der Waals surface area (Å²) >= 11 is 0. The fourth-order valence-electron chi connectivity index (χ4n) is 2.26. The van der Waals surface area contributed by atoms with Gasteiger partial charge in [0.2, 0.25) is 0 Å². The normalized spacial score (nSPS) is 11.3. The summed E-state index contributed by atoms with van der Waals surface area (Å²) in [4.78, 5) is 0. The van der Waals surface area contributed by atoms with Crippen molar-refractivity contribution in [2.24, 2.45) is 0 Å². The summed E-state index contributed by atoms with van der Waals surface area (Å²) in [5, 5.41) is 7.50. The highest BCUT2D eigenvalue weighted by Crippen LogP contribution is 2.27. The highest BCUT2D eigenvalue weighted by molar-refractivity contribution is 5.65. The zero-order valence-corrected chi connectivity index (χ0v) is 13.4. The molecule has 132 valence electrons. The Labute approximate surface area is 147 Å². The number of nitrogens with zero attached hydrogens (tertiary/aromatic N) is 3. The molecule has 0 N–H and O–H groups in total. The SMILES string of the molecule is FC(F)C(F)(F)Cn1nnc(-c2ccccc2)c1C#Cc1ccccc1. The molecule has 0 aliphatic carbocycles. The van der Waals surface area contributed by atoms with Crippen molar-refractivity contribution in [1.82, 2.24) is 15.0 Å². The molecule has 0 amide bonds. The molecule has 3 rings (SSSR count). The molecule has 0 bridgehead atoms. The Bertz CT molecular complexity index is 926. The molecular formula is C19H13F4N3. The smallest absolute Gasteiger partial charge is 0.230 e. The van der Waals surface area contributed by atoms with E-state index in [-0.39, 0.29) is 11.4 Å². The Balaban J connectivity index is 2.06. The van der Waals surface area contributed by atoms with E-state index in [1.165, 1.54) is 0 Å². The number of hydrogen-bond donors (Lipinski definition) is 0. The number of rotatable bonds is 4. The molecule has 0 fully saturated rings. The van der Waals surface area contributed by atoms with Gasteiger partial charge in [0.25, 0.3) is 0 Å². The first kappa shape index (κ1) is 17.7. The van der Waals surface area contributed by atoms with Crippen LogP contribution in [0.3, 0.4) is 0 Å². The summed E-state index contributed by atoms with van der Waals surface area (Å²) in [6, 6.07) is 17.6. The van der Waals surface area contributed by atoms with Crippen LogP contribution in [0.4, 0.5) is 17.6 Å². The molecule has 0 saturated carbocycles. The van der Waals surface area contributed by atoms with Gasteiger partial charge in [0, 0.05) is 11.1 Å². The molecule has 1 aromatic heterocycles. The molecule has 0 saturated heterocycles. The van der Waals surface area contributed by atoms with Crippen LogP contribution in [0.1, 0.15) is 11.3 Å². The van der Waals surface area contributed by atoms with Gasteiger partial charge in [0.1, 0.15) is 17.9 Å². The molecule has 7 heteroatoms. The van der Waals surface area contributed by atoms with Crippen molar-refractivity contribution in [2.75, 3.05) is 0 Å². The number of alkyl halides is 4. The fraction of sp³-hybridized carbons (Fsp3) is 0.158. The van der Waals surface area contributed by atoms with Gasteiger partial charge >= 0.3 is 12.3 Å². The van der Waals surface area contributed by atoms with Crippen molar-refractivity contribution >= 4 is 0 Å². The van der Waals surface area contributed by atoms with Crippen LogP contribution in [-0.2, 0) is 6.54 Å². The van der Waals surface area contributed by atoms with Crippen molar-refractivity contribution in [3.05, 3.63) is 71.9 Å². The molecule has 3 nitrogen and oxygen atoms in total. The van der Waals surface area contributed by atoms with Crippen LogP contribution >= 0.6 is 0 Å². The minimum absolute atomic E-state index is 0.0559. The Morgan fingerprint density at radius 1 is 0.923 bits per heavy atom. The molecule has 0 aliphatic heterocycles. The van der Waals surface area contributed by atoms with Crippen LogP contribution in [0.5, 0.6) is 0 Å². The number of aromatic nitrogens is 3. The van der Waals surface area contributed by atoms with Gasteiger partial charge in [-0.3, -0.25) is 0 Å². The number of hydrogen-bond acceptors (Lipinski definition) is 2. The Hall–Kier alpha value is -3.14. The second-order valence-electron chi connectivity index (χ2n) is 5.49. The van der Waals surface area contributed by atoms with Gasteiger partial charge in [-0.1, -0.05) is 59.7 Å². The third-order valence-electron chi connectivity index (χ3n) is 3.56. The van der Waals surface area contributed by atoms with E-state index in [0.29, 0.717) is 11.1 Å². The Kier molecular flexibility index (Phi) is 5.03. The zero-order chi connectivity index (χ0) is 18.6. The van der Waals surface area contributed by atoms with Crippen LogP contribution in [0.2, 0.25) is 0 Å². The van der Waals surface area contributed by atoms with E-state index in [1.807, 2.05) is 6.07 Å². The lowest BCUT2D eigenvalue weighted by molar-refractivity contribution is -0.139. The molecule has 0 unspecified atom stereocenters. The van der Waals surface area contributed by atoms with Gasteiger partial charge < -0.3 is 0 Å². The largest absolute Gasteiger partial charge is 0.326 e. The molecule has 0 aliphatic rings. The average molecular weight is 359 g/mol.